The van der Waals surface area contributed by atoms with Crippen LogP contribution in [0, 0.1) is 6.42 Å². The maximum absolute atomic E-state index is 3.57. The predicted molar refractivity (Wildman–Crippen MR) is 42.5 cm³/mol. The summed E-state index contributed by atoms with van der Waals surface area (Å²) in [4.78, 5) is 1.29. The summed E-state index contributed by atoms with van der Waals surface area (Å²) in [5, 5.41) is 0. The van der Waals surface area contributed by atoms with E-state index in [4.69, 9.17) is 0 Å². The average molecular weight is 240 g/mol. The Labute approximate surface area is 67.3 Å². The van der Waals surface area contributed by atoms with Gasteiger partial charge in [0.2, 0.25) is 0 Å². The third kappa shape index (κ3) is 1.73. The van der Waals surface area contributed by atoms with E-state index in [1.807, 2.05) is 0 Å². The Morgan fingerprint density at radius 1 is 1.25 bits per heavy atom. The van der Waals surface area contributed by atoms with E-state index in [2.05, 4.69) is 38.3 Å². The van der Waals surface area contributed by atoms with E-state index >= 15 is 0 Å². The molecule has 0 amide bonds. The summed E-state index contributed by atoms with van der Waals surface area (Å²) < 4.78 is 0. The van der Waals surface area contributed by atoms with Crippen LogP contribution in [0.15, 0.2) is 0 Å². The molecule has 0 heterocycles. The van der Waals surface area contributed by atoms with Crippen molar-refractivity contribution in [2.24, 2.45) is 0 Å². The zero-order valence-corrected chi connectivity index (χ0v) is 7.70. The quantitative estimate of drug-likeness (QED) is 0.571. The van der Waals surface area contributed by atoms with Gasteiger partial charge in [-0.25, -0.2) is 0 Å². The molecule has 1 fully saturated rings. The van der Waals surface area contributed by atoms with E-state index in [1.165, 1.54) is 6.42 Å². The Morgan fingerprint density at radius 3 is 2.38 bits per heavy atom. The second kappa shape index (κ2) is 3.21. The maximum Gasteiger partial charge on any atom is 0.0276 e. The standard InChI is InChI=1S/C6H8Br2/c7-5-3-1-2-4-6(5)8/h5-6H,1,3-4H2. The minimum absolute atomic E-state index is 0.622. The van der Waals surface area contributed by atoms with E-state index in [0.29, 0.717) is 9.65 Å². The summed E-state index contributed by atoms with van der Waals surface area (Å²) in [6, 6.07) is 0. The van der Waals surface area contributed by atoms with Gasteiger partial charge in [-0.3, -0.25) is 0 Å². The lowest BCUT2D eigenvalue weighted by Crippen LogP contribution is -2.18. The summed E-state index contributed by atoms with van der Waals surface area (Å²) >= 11 is 7.11. The molecule has 0 saturated heterocycles. The van der Waals surface area contributed by atoms with Gasteiger partial charge in [-0.2, -0.15) is 0 Å². The van der Waals surface area contributed by atoms with Gasteiger partial charge in [0.15, 0.2) is 0 Å². The first-order chi connectivity index (χ1) is 3.80. The number of hydrogen-bond donors (Lipinski definition) is 0. The van der Waals surface area contributed by atoms with Gasteiger partial charge >= 0.3 is 0 Å². The first kappa shape index (κ1) is 7.07. The summed E-state index contributed by atoms with van der Waals surface area (Å²) in [6.07, 6.45) is 6.76. The highest BCUT2D eigenvalue weighted by Gasteiger charge is 2.19. The summed E-state index contributed by atoms with van der Waals surface area (Å²) in [7, 11) is 0. The maximum atomic E-state index is 3.57. The van der Waals surface area contributed by atoms with E-state index < -0.39 is 0 Å². The summed E-state index contributed by atoms with van der Waals surface area (Å²) in [6.45, 7) is 0. The first-order valence-electron chi connectivity index (χ1n) is 2.79. The van der Waals surface area contributed by atoms with Crippen LogP contribution in [-0.4, -0.2) is 9.65 Å². The topological polar surface area (TPSA) is 0 Å². The lowest BCUT2D eigenvalue weighted by molar-refractivity contribution is 0.636. The zero-order chi connectivity index (χ0) is 5.98. The lowest BCUT2D eigenvalue weighted by Gasteiger charge is -2.20. The van der Waals surface area contributed by atoms with Gasteiger partial charge in [-0.15, -0.1) is 0 Å². The highest BCUT2D eigenvalue weighted by atomic mass is 79.9. The number of halogens is 2. The number of alkyl halides is 2. The minimum atomic E-state index is 0.622. The molecule has 1 aliphatic rings. The van der Waals surface area contributed by atoms with E-state index in [0.717, 1.165) is 12.8 Å². The molecule has 2 heteroatoms. The second-order valence-electron chi connectivity index (χ2n) is 2.02. The van der Waals surface area contributed by atoms with Crippen LogP contribution in [0.2, 0.25) is 0 Å². The Hall–Kier alpha value is 0.960. The average Bonchev–Trinajstić information content (AvgIpc) is 1.77. The highest BCUT2D eigenvalue weighted by Crippen LogP contribution is 2.28. The molecule has 0 aromatic heterocycles. The van der Waals surface area contributed by atoms with Gasteiger partial charge in [0.05, 0.1) is 0 Å². The SMILES string of the molecule is BrC1C[C]CCC1Br. The van der Waals surface area contributed by atoms with E-state index in [-0.39, 0.29) is 0 Å². The Bertz CT molecular complexity index is 62.9. The van der Waals surface area contributed by atoms with Crippen molar-refractivity contribution in [1.82, 2.24) is 0 Å². The Balaban J connectivity index is 2.28. The van der Waals surface area contributed by atoms with Gasteiger partial charge in [0, 0.05) is 9.65 Å². The first-order valence-corrected chi connectivity index (χ1v) is 4.62. The highest BCUT2D eigenvalue weighted by molar-refractivity contribution is 9.12. The molecule has 0 spiro atoms. The largest absolute Gasteiger partial charge is 0.0879 e. The molecular formula is C6H8Br2. The van der Waals surface area contributed by atoms with Crippen LogP contribution in [0.4, 0.5) is 0 Å². The second-order valence-corrected chi connectivity index (χ2v) is 4.38. The van der Waals surface area contributed by atoms with Crippen LogP contribution in [0.1, 0.15) is 19.3 Å². The van der Waals surface area contributed by atoms with Gasteiger partial charge in [-0.05, 0) is 25.7 Å². The fraction of sp³-hybridized carbons (Fsp3) is 0.833. The third-order valence-corrected chi connectivity index (χ3v) is 4.10. The van der Waals surface area contributed by atoms with Crippen molar-refractivity contribution < 1.29 is 0 Å². The Kier molecular flexibility index (Phi) is 2.84. The van der Waals surface area contributed by atoms with Gasteiger partial charge in [-0.1, -0.05) is 31.9 Å². The van der Waals surface area contributed by atoms with Crippen LogP contribution < -0.4 is 0 Å². The summed E-state index contributed by atoms with van der Waals surface area (Å²) in [5.74, 6) is 0. The van der Waals surface area contributed by atoms with Crippen LogP contribution >= 0.6 is 31.9 Å². The molecule has 0 nitrogen and oxygen atoms in total. The third-order valence-electron chi connectivity index (χ3n) is 1.33. The number of hydrogen-bond acceptors (Lipinski definition) is 0. The van der Waals surface area contributed by atoms with Crippen molar-refractivity contribution in [3.05, 3.63) is 6.42 Å². The molecule has 0 aliphatic heterocycles. The van der Waals surface area contributed by atoms with Crippen LogP contribution in [-0.2, 0) is 0 Å². The molecule has 46 valence electrons. The smallest absolute Gasteiger partial charge is 0.0276 e. The molecular weight excluding hydrogens is 232 g/mol. The molecule has 1 rings (SSSR count). The van der Waals surface area contributed by atoms with Crippen molar-refractivity contribution >= 4 is 31.9 Å². The number of rotatable bonds is 0. The summed E-state index contributed by atoms with van der Waals surface area (Å²) in [5.41, 5.74) is 0. The molecule has 8 heavy (non-hydrogen) atoms. The van der Waals surface area contributed by atoms with E-state index in [9.17, 15) is 0 Å². The molecule has 0 aromatic rings. The minimum Gasteiger partial charge on any atom is -0.0879 e. The fourth-order valence-corrected chi connectivity index (χ4v) is 1.70. The van der Waals surface area contributed by atoms with Gasteiger partial charge in [0.1, 0.15) is 0 Å². The lowest BCUT2D eigenvalue weighted by atomic mass is 10.0. The van der Waals surface area contributed by atoms with Crippen molar-refractivity contribution in [1.29, 1.82) is 0 Å². The Morgan fingerprint density at radius 2 is 2.00 bits per heavy atom. The molecule has 0 aromatic carbocycles. The van der Waals surface area contributed by atoms with Gasteiger partial charge in [0.25, 0.3) is 0 Å². The molecule has 0 N–H and O–H groups in total. The van der Waals surface area contributed by atoms with E-state index in [1.54, 1.807) is 0 Å². The van der Waals surface area contributed by atoms with Crippen LogP contribution in [0.5, 0.6) is 0 Å². The predicted octanol–water partition coefficient (Wildman–Crippen LogP) is 2.78. The fourth-order valence-electron chi connectivity index (χ4n) is 0.789. The normalized spacial score (nSPS) is 39.8. The van der Waals surface area contributed by atoms with Crippen molar-refractivity contribution in [2.75, 3.05) is 0 Å². The van der Waals surface area contributed by atoms with Crippen LogP contribution in [0.3, 0.4) is 0 Å². The molecule has 2 radical (unpaired) electrons. The molecule has 2 unspecified atom stereocenters. The monoisotopic (exact) mass is 238 g/mol. The molecule has 0 bridgehead atoms. The molecule has 2 atom stereocenters. The van der Waals surface area contributed by atoms with Gasteiger partial charge < -0.3 is 0 Å². The zero-order valence-electron chi connectivity index (χ0n) is 4.53. The van der Waals surface area contributed by atoms with Crippen molar-refractivity contribution in [3.8, 4) is 0 Å². The molecule has 1 aliphatic carbocycles. The van der Waals surface area contributed by atoms with Crippen LogP contribution in [0.25, 0.3) is 0 Å². The van der Waals surface area contributed by atoms with Crippen molar-refractivity contribution in [2.45, 2.75) is 28.9 Å². The molecule has 1 saturated carbocycles. The van der Waals surface area contributed by atoms with Crippen molar-refractivity contribution in [3.63, 3.8) is 0 Å².